The van der Waals surface area contributed by atoms with Crippen LogP contribution >= 0.6 is 23.4 Å². The van der Waals surface area contributed by atoms with Crippen molar-refractivity contribution in [3.63, 3.8) is 0 Å². The molecule has 28 heavy (non-hydrogen) atoms. The molecule has 0 fully saturated rings. The zero-order valence-corrected chi connectivity index (χ0v) is 17.6. The van der Waals surface area contributed by atoms with E-state index < -0.39 is 0 Å². The summed E-state index contributed by atoms with van der Waals surface area (Å²) >= 11 is 7.36. The van der Waals surface area contributed by atoms with Crippen LogP contribution in [0.25, 0.3) is 5.69 Å². The maximum atomic E-state index is 12.4. The Bertz CT molecular complexity index is 1020. The van der Waals surface area contributed by atoms with Gasteiger partial charge in [-0.2, -0.15) is 4.68 Å². The van der Waals surface area contributed by atoms with Crippen molar-refractivity contribution in [2.45, 2.75) is 25.9 Å². The molecule has 0 saturated carbocycles. The van der Waals surface area contributed by atoms with Gasteiger partial charge >= 0.3 is 0 Å². The summed E-state index contributed by atoms with van der Waals surface area (Å²) in [5, 5.41) is 15.8. The Morgan fingerprint density at radius 3 is 2.71 bits per heavy atom. The van der Waals surface area contributed by atoms with E-state index in [9.17, 15) is 4.79 Å². The maximum Gasteiger partial charge on any atom is 0.234 e. The Hall–Kier alpha value is -2.58. The molecule has 0 aliphatic carbocycles. The highest BCUT2D eigenvalue weighted by atomic mass is 35.5. The SMILES string of the molecule is COc1cc(Cl)c(C)cc1NC(=O)CSc1nnnn1-c1ccc(C)cc1C. The molecular weight excluding hydrogens is 398 g/mol. The minimum Gasteiger partial charge on any atom is -0.495 e. The number of anilines is 1. The molecule has 0 atom stereocenters. The van der Waals surface area contributed by atoms with Gasteiger partial charge in [-0.1, -0.05) is 41.1 Å². The van der Waals surface area contributed by atoms with E-state index in [2.05, 4.69) is 26.9 Å². The standard InChI is InChI=1S/C19H20ClN5O2S/c1-11-5-6-16(13(3)7-11)25-19(22-23-24-25)28-10-18(26)21-15-8-12(2)14(20)9-17(15)27-4/h5-9H,10H2,1-4H3,(H,21,26). The van der Waals surface area contributed by atoms with E-state index in [0.717, 1.165) is 22.4 Å². The van der Waals surface area contributed by atoms with Crippen LogP contribution in [0.15, 0.2) is 35.5 Å². The lowest BCUT2D eigenvalue weighted by Gasteiger charge is -2.12. The van der Waals surface area contributed by atoms with Gasteiger partial charge in [-0.25, -0.2) is 0 Å². The fourth-order valence-corrected chi connectivity index (χ4v) is 3.55. The molecule has 1 amide bonds. The van der Waals surface area contributed by atoms with Gasteiger partial charge in [0.1, 0.15) is 5.75 Å². The molecule has 0 aliphatic rings. The molecule has 7 nitrogen and oxygen atoms in total. The first-order valence-electron chi connectivity index (χ1n) is 8.52. The highest BCUT2D eigenvalue weighted by molar-refractivity contribution is 7.99. The number of benzene rings is 2. The van der Waals surface area contributed by atoms with Crippen molar-refractivity contribution < 1.29 is 9.53 Å². The van der Waals surface area contributed by atoms with Crippen LogP contribution in [0.1, 0.15) is 16.7 Å². The van der Waals surface area contributed by atoms with Gasteiger partial charge in [-0.15, -0.1) is 5.10 Å². The summed E-state index contributed by atoms with van der Waals surface area (Å²) in [6.45, 7) is 5.90. The van der Waals surface area contributed by atoms with Gasteiger partial charge in [0, 0.05) is 11.1 Å². The molecule has 1 aromatic heterocycles. The lowest BCUT2D eigenvalue weighted by atomic mass is 10.1. The number of aryl methyl sites for hydroxylation is 3. The number of carbonyl (C=O) groups is 1. The van der Waals surface area contributed by atoms with E-state index in [1.165, 1.54) is 18.9 Å². The highest BCUT2D eigenvalue weighted by Gasteiger charge is 2.15. The predicted molar refractivity (Wildman–Crippen MR) is 111 cm³/mol. The monoisotopic (exact) mass is 417 g/mol. The minimum atomic E-state index is -0.194. The van der Waals surface area contributed by atoms with Crippen molar-refractivity contribution in [2.75, 3.05) is 18.2 Å². The van der Waals surface area contributed by atoms with Crippen molar-refractivity contribution in [1.82, 2.24) is 20.2 Å². The van der Waals surface area contributed by atoms with Crippen molar-refractivity contribution >= 4 is 35.0 Å². The molecule has 0 spiro atoms. The number of halogens is 1. The zero-order valence-electron chi connectivity index (χ0n) is 16.0. The number of nitrogens with zero attached hydrogens (tertiary/aromatic N) is 4. The molecule has 146 valence electrons. The molecule has 0 unspecified atom stereocenters. The third-order valence-electron chi connectivity index (χ3n) is 4.11. The number of hydrogen-bond acceptors (Lipinski definition) is 6. The number of ether oxygens (including phenoxy) is 1. The average Bonchev–Trinajstić information content (AvgIpc) is 3.11. The van der Waals surface area contributed by atoms with Crippen molar-refractivity contribution in [2.24, 2.45) is 0 Å². The number of tetrazole rings is 1. The third kappa shape index (κ3) is 4.45. The number of aromatic nitrogens is 4. The number of thioether (sulfide) groups is 1. The molecule has 1 N–H and O–H groups in total. The van der Waals surface area contributed by atoms with Gasteiger partial charge in [-0.3, -0.25) is 4.79 Å². The number of amides is 1. The van der Waals surface area contributed by atoms with Crippen LogP contribution in [0.2, 0.25) is 5.02 Å². The maximum absolute atomic E-state index is 12.4. The van der Waals surface area contributed by atoms with Gasteiger partial charge in [0.15, 0.2) is 0 Å². The summed E-state index contributed by atoms with van der Waals surface area (Å²) < 4.78 is 6.93. The number of hydrogen-bond donors (Lipinski definition) is 1. The molecule has 3 rings (SSSR count). The fourth-order valence-electron chi connectivity index (χ4n) is 2.71. The van der Waals surface area contributed by atoms with E-state index in [-0.39, 0.29) is 11.7 Å². The first kappa shape index (κ1) is 20.2. The normalized spacial score (nSPS) is 10.8. The highest BCUT2D eigenvalue weighted by Crippen LogP contribution is 2.31. The van der Waals surface area contributed by atoms with Crippen LogP contribution in [0.5, 0.6) is 5.75 Å². The largest absolute Gasteiger partial charge is 0.495 e. The molecule has 3 aromatic rings. The van der Waals surface area contributed by atoms with E-state index in [1.54, 1.807) is 16.8 Å². The average molecular weight is 418 g/mol. The number of carbonyl (C=O) groups excluding carboxylic acids is 1. The summed E-state index contributed by atoms with van der Waals surface area (Å²) in [7, 11) is 1.53. The van der Waals surface area contributed by atoms with Crippen LogP contribution in [-0.4, -0.2) is 39.0 Å². The summed E-state index contributed by atoms with van der Waals surface area (Å²) in [6.07, 6.45) is 0. The van der Waals surface area contributed by atoms with Crippen LogP contribution in [-0.2, 0) is 4.79 Å². The van der Waals surface area contributed by atoms with E-state index in [0.29, 0.717) is 21.6 Å². The lowest BCUT2D eigenvalue weighted by molar-refractivity contribution is -0.113. The molecule has 0 bridgehead atoms. The summed E-state index contributed by atoms with van der Waals surface area (Å²) in [5.74, 6) is 0.463. The first-order valence-corrected chi connectivity index (χ1v) is 9.88. The Morgan fingerprint density at radius 1 is 1.21 bits per heavy atom. The second-order valence-corrected chi connectivity index (χ2v) is 7.65. The Labute approximate surface area is 172 Å². The second kappa shape index (κ2) is 8.62. The van der Waals surface area contributed by atoms with Crippen LogP contribution in [0.4, 0.5) is 5.69 Å². The van der Waals surface area contributed by atoms with Crippen LogP contribution in [0, 0.1) is 20.8 Å². The van der Waals surface area contributed by atoms with Crippen LogP contribution < -0.4 is 10.1 Å². The summed E-state index contributed by atoms with van der Waals surface area (Å²) in [5.41, 5.74) is 4.52. The molecule has 0 radical (unpaired) electrons. The molecule has 1 heterocycles. The summed E-state index contributed by atoms with van der Waals surface area (Å²) in [4.78, 5) is 12.4. The summed E-state index contributed by atoms with van der Waals surface area (Å²) in [6, 6.07) is 9.49. The van der Waals surface area contributed by atoms with Crippen molar-refractivity contribution in [3.8, 4) is 11.4 Å². The van der Waals surface area contributed by atoms with Crippen LogP contribution in [0.3, 0.4) is 0 Å². The van der Waals surface area contributed by atoms with E-state index in [4.69, 9.17) is 16.3 Å². The molecular formula is C19H20ClN5O2S. The van der Waals surface area contributed by atoms with Gasteiger partial charge in [-0.05, 0) is 54.5 Å². The second-order valence-electron chi connectivity index (χ2n) is 6.30. The fraction of sp³-hybridized carbons (Fsp3) is 0.263. The van der Waals surface area contributed by atoms with Crippen molar-refractivity contribution in [1.29, 1.82) is 0 Å². The zero-order chi connectivity index (χ0) is 20.3. The number of rotatable bonds is 6. The Kier molecular flexibility index (Phi) is 6.21. The van der Waals surface area contributed by atoms with Gasteiger partial charge in [0.05, 0.1) is 24.2 Å². The Morgan fingerprint density at radius 2 is 2.00 bits per heavy atom. The Balaban J connectivity index is 1.71. The quantitative estimate of drug-likeness (QED) is 0.611. The topological polar surface area (TPSA) is 81.9 Å². The molecule has 0 saturated heterocycles. The lowest BCUT2D eigenvalue weighted by Crippen LogP contribution is -2.15. The molecule has 0 aliphatic heterocycles. The smallest absolute Gasteiger partial charge is 0.234 e. The molecule has 2 aromatic carbocycles. The molecule has 9 heteroatoms. The van der Waals surface area contributed by atoms with E-state index >= 15 is 0 Å². The van der Waals surface area contributed by atoms with E-state index in [1.807, 2.05) is 32.9 Å². The van der Waals surface area contributed by atoms with Gasteiger partial charge in [0.2, 0.25) is 11.1 Å². The predicted octanol–water partition coefficient (Wildman–Crippen LogP) is 3.98. The van der Waals surface area contributed by atoms with Gasteiger partial charge < -0.3 is 10.1 Å². The third-order valence-corrected chi connectivity index (χ3v) is 5.44. The first-order chi connectivity index (χ1) is 13.4. The van der Waals surface area contributed by atoms with Gasteiger partial charge in [0.25, 0.3) is 0 Å². The van der Waals surface area contributed by atoms with Crippen molar-refractivity contribution in [3.05, 3.63) is 52.0 Å². The number of nitrogens with one attached hydrogen (secondary N) is 1. The minimum absolute atomic E-state index is 0.149. The number of methoxy groups -OCH3 is 1.